The van der Waals surface area contributed by atoms with E-state index in [0.29, 0.717) is 0 Å². The lowest BCUT2D eigenvalue weighted by Crippen LogP contribution is -2.70. The monoisotopic (exact) mass is 414 g/mol. The summed E-state index contributed by atoms with van der Waals surface area (Å²) in [6.07, 6.45) is -5.25. The zero-order valence-corrected chi connectivity index (χ0v) is 13.1. The van der Waals surface area contributed by atoms with Gasteiger partial charge >= 0.3 is 35.7 Å². The topological polar surface area (TPSA) is 9.23 Å². The van der Waals surface area contributed by atoms with Crippen molar-refractivity contribution in [1.29, 1.82) is 0 Å². The van der Waals surface area contributed by atoms with E-state index in [0.717, 1.165) is 0 Å². The minimum absolute atomic E-state index is 0.0256. The largest absolute Gasteiger partial charge is 0.426 e. The molecule has 0 rings (SSSR count). The Labute approximate surface area is 140 Å². The number of hydrogen-bond donors (Lipinski definition) is 0. The molecule has 0 aliphatic heterocycles. The highest BCUT2D eigenvalue weighted by Crippen LogP contribution is 2.60. The van der Waals surface area contributed by atoms with Crippen LogP contribution >= 0.6 is 0 Å². The van der Waals surface area contributed by atoms with Crippen molar-refractivity contribution >= 4 is 0 Å². The fourth-order valence-corrected chi connectivity index (χ4v) is 1.53. The Kier molecular flexibility index (Phi) is 7.14. The molecule has 0 aliphatic rings. The van der Waals surface area contributed by atoms with Crippen LogP contribution in [0.5, 0.6) is 0 Å². The van der Waals surface area contributed by atoms with Crippen molar-refractivity contribution in [2.75, 3.05) is 6.61 Å². The number of rotatable bonds is 11. The second kappa shape index (κ2) is 7.47. The van der Waals surface area contributed by atoms with Crippen LogP contribution in [0.15, 0.2) is 12.7 Å². The van der Waals surface area contributed by atoms with Crippen LogP contribution in [0, 0.1) is 0 Å². The Morgan fingerprint density at radius 1 is 0.692 bits per heavy atom. The number of halogens is 12. The van der Waals surface area contributed by atoms with E-state index in [-0.39, 0.29) is 12.8 Å². The van der Waals surface area contributed by atoms with Crippen LogP contribution in [0.2, 0.25) is 0 Å². The first kappa shape index (κ1) is 24.9. The summed E-state index contributed by atoms with van der Waals surface area (Å²) in [5, 5.41) is 0. The van der Waals surface area contributed by atoms with Gasteiger partial charge in [-0.05, 0) is 19.3 Å². The number of allylic oxidation sites excluding steroid dienone is 1. The molecule has 0 fully saturated rings. The third-order valence-corrected chi connectivity index (χ3v) is 3.19. The Morgan fingerprint density at radius 2 is 1.12 bits per heavy atom. The summed E-state index contributed by atoms with van der Waals surface area (Å²) < 4.78 is 160. The average molecular weight is 414 g/mol. The molecule has 26 heavy (non-hydrogen) atoms. The van der Waals surface area contributed by atoms with Crippen LogP contribution in [0.25, 0.3) is 0 Å². The van der Waals surface area contributed by atoms with E-state index in [1.54, 1.807) is 0 Å². The molecular weight excluding hydrogens is 400 g/mol. The van der Waals surface area contributed by atoms with Gasteiger partial charge in [0.25, 0.3) is 0 Å². The molecule has 0 unspecified atom stereocenters. The van der Waals surface area contributed by atoms with Gasteiger partial charge in [-0.2, -0.15) is 52.7 Å². The van der Waals surface area contributed by atoms with E-state index in [1.807, 2.05) is 0 Å². The summed E-state index contributed by atoms with van der Waals surface area (Å²) in [7, 11) is 0. The zero-order valence-electron chi connectivity index (χ0n) is 13.1. The first-order valence-electron chi connectivity index (χ1n) is 6.83. The minimum atomic E-state index is -7.58. The molecule has 0 bridgehead atoms. The molecule has 0 heterocycles. The molecule has 0 aromatic carbocycles. The first-order chi connectivity index (χ1) is 11.3. The fraction of sp³-hybridized carbons (Fsp3) is 0.846. The molecule has 156 valence electrons. The molecule has 0 radical (unpaired) electrons. The predicted molar refractivity (Wildman–Crippen MR) is 65.4 cm³/mol. The van der Waals surface area contributed by atoms with E-state index < -0.39 is 55.7 Å². The zero-order chi connectivity index (χ0) is 21.2. The maximum absolute atomic E-state index is 13.3. The maximum Gasteiger partial charge on any atom is 0.426 e. The van der Waals surface area contributed by atoms with Gasteiger partial charge in [0.05, 0.1) is 6.61 Å². The number of unbranched alkanes of at least 4 members (excludes halogenated alkanes) is 2. The highest BCUT2D eigenvalue weighted by atomic mass is 19.4. The van der Waals surface area contributed by atoms with Gasteiger partial charge in [0.15, 0.2) is 0 Å². The average Bonchev–Trinajstić information content (AvgIpc) is 2.44. The van der Waals surface area contributed by atoms with Crippen molar-refractivity contribution in [2.24, 2.45) is 0 Å². The highest BCUT2D eigenvalue weighted by molar-refractivity contribution is 5.09. The van der Waals surface area contributed by atoms with Gasteiger partial charge in [-0.15, -0.1) is 6.58 Å². The normalized spacial score (nSPS) is 15.3. The van der Waals surface area contributed by atoms with Crippen LogP contribution in [-0.2, 0) is 4.74 Å². The van der Waals surface area contributed by atoms with E-state index >= 15 is 0 Å². The maximum atomic E-state index is 13.3. The Balaban J connectivity index is 5.67. The molecule has 0 aromatic rings. The van der Waals surface area contributed by atoms with Gasteiger partial charge < -0.3 is 4.74 Å². The molecule has 13 heteroatoms. The molecule has 0 amide bonds. The van der Waals surface area contributed by atoms with Gasteiger partial charge in [-0.25, -0.2) is 0 Å². The summed E-state index contributed by atoms with van der Waals surface area (Å²) in [5.41, 5.74) is 0. The number of alkyl halides is 12. The molecule has 0 N–H and O–H groups in total. The van der Waals surface area contributed by atoms with Crippen molar-refractivity contribution in [1.82, 2.24) is 0 Å². The molecule has 0 saturated heterocycles. The molecule has 0 saturated carbocycles. The highest BCUT2D eigenvalue weighted by Gasteiger charge is 2.90. The lowest BCUT2D eigenvalue weighted by molar-refractivity contribution is -0.456. The van der Waals surface area contributed by atoms with Crippen LogP contribution in [0.3, 0.4) is 0 Å². The second-order valence-corrected chi connectivity index (χ2v) is 5.34. The van der Waals surface area contributed by atoms with Gasteiger partial charge in [-0.1, -0.05) is 6.08 Å². The Bertz CT molecular complexity index is 480. The second-order valence-electron chi connectivity index (χ2n) is 5.34. The summed E-state index contributed by atoms with van der Waals surface area (Å²) in [6, 6.07) is 0. The predicted octanol–water partition coefficient (Wildman–Crippen LogP) is 6.15. The first-order valence-corrected chi connectivity index (χ1v) is 6.83. The van der Waals surface area contributed by atoms with E-state index in [2.05, 4.69) is 11.3 Å². The molecule has 0 aliphatic carbocycles. The van der Waals surface area contributed by atoms with Crippen LogP contribution in [0.4, 0.5) is 52.7 Å². The molecule has 0 aromatic heterocycles. The summed E-state index contributed by atoms with van der Waals surface area (Å²) in [6.45, 7) is 0.949. The van der Waals surface area contributed by atoms with Gasteiger partial charge in [0, 0.05) is 6.92 Å². The molecular formula is C13H14F12O. The van der Waals surface area contributed by atoms with Gasteiger partial charge in [0.2, 0.25) is 0 Å². The van der Waals surface area contributed by atoms with Crippen molar-refractivity contribution in [3.05, 3.63) is 12.7 Å². The standard InChI is InChI=1S/C13H14F12O/c1-3-4-5-6-7-26-13(24,25)12(22,23)11(20,21)10(18,19)9(16,17)8(2,14)15/h3H,1,4-7H2,2H3. The van der Waals surface area contributed by atoms with Crippen LogP contribution < -0.4 is 0 Å². The molecule has 0 spiro atoms. The third kappa shape index (κ3) is 4.06. The van der Waals surface area contributed by atoms with Crippen LogP contribution in [-0.4, -0.2) is 42.3 Å². The number of ether oxygens (including phenoxy) is 1. The van der Waals surface area contributed by atoms with E-state index in [1.165, 1.54) is 6.08 Å². The SMILES string of the molecule is C=CCCCCOC(F)(F)C(F)(F)C(F)(F)C(F)(F)C(F)(F)C(C)(F)F. The lowest BCUT2D eigenvalue weighted by Gasteiger charge is -2.40. The summed E-state index contributed by atoms with van der Waals surface area (Å²) in [5.74, 6) is -35.3. The van der Waals surface area contributed by atoms with E-state index in [9.17, 15) is 52.7 Å². The number of hydrogen-bond acceptors (Lipinski definition) is 1. The Hall–Kier alpha value is -1.14. The van der Waals surface area contributed by atoms with Crippen LogP contribution in [0.1, 0.15) is 26.2 Å². The minimum Gasteiger partial charge on any atom is -0.316 e. The molecule has 0 atom stereocenters. The third-order valence-electron chi connectivity index (χ3n) is 3.19. The van der Waals surface area contributed by atoms with E-state index in [4.69, 9.17) is 0 Å². The van der Waals surface area contributed by atoms with Crippen molar-refractivity contribution in [3.8, 4) is 0 Å². The quantitative estimate of drug-likeness (QED) is 0.224. The summed E-state index contributed by atoms with van der Waals surface area (Å²) in [4.78, 5) is 0. The van der Waals surface area contributed by atoms with Gasteiger partial charge in [-0.3, -0.25) is 0 Å². The lowest BCUT2D eigenvalue weighted by atomic mass is 9.94. The van der Waals surface area contributed by atoms with Crippen molar-refractivity contribution < 1.29 is 57.4 Å². The summed E-state index contributed by atoms with van der Waals surface area (Å²) >= 11 is 0. The smallest absolute Gasteiger partial charge is 0.316 e. The molecule has 1 nitrogen and oxygen atoms in total. The van der Waals surface area contributed by atoms with Crippen molar-refractivity contribution in [3.63, 3.8) is 0 Å². The fourth-order valence-electron chi connectivity index (χ4n) is 1.53. The van der Waals surface area contributed by atoms with Gasteiger partial charge in [0.1, 0.15) is 0 Å². The van der Waals surface area contributed by atoms with Crippen molar-refractivity contribution in [2.45, 2.75) is 61.9 Å². The Morgan fingerprint density at radius 3 is 1.50 bits per heavy atom.